The van der Waals surface area contributed by atoms with E-state index < -0.39 is 16.0 Å². The van der Waals surface area contributed by atoms with Gasteiger partial charge in [0.05, 0.1) is 6.26 Å². The zero-order chi connectivity index (χ0) is 11.3. The van der Waals surface area contributed by atoms with Crippen molar-refractivity contribution in [2.24, 2.45) is 0 Å². The third kappa shape index (κ3) is 3.72. The number of sulfonamides is 1. The zero-order valence-electron chi connectivity index (χ0n) is 7.84. The molecule has 1 aromatic heterocycles. The fourth-order valence-electron chi connectivity index (χ4n) is 0.934. The summed E-state index contributed by atoms with van der Waals surface area (Å²) in [6.07, 6.45) is 2.56. The summed E-state index contributed by atoms with van der Waals surface area (Å²) in [6.45, 7) is 0.0970. The molecule has 0 fully saturated rings. The standard InChI is InChI=1S/C8H11NO5S/c10-8(11)2-1-4-9-15(12,13)7-3-5-14-6-7/h3,5-6,9H,1-2,4H2,(H,10,11). The van der Waals surface area contributed by atoms with E-state index in [1.54, 1.807) is 0 Å². The highest BCUT2D eigenvalue weighted by molar-refractivity contribution is 7.89. The minimum Gasteiger partial charge on any atom is -0.481 e. The zero-order valence-corrected chi connectivity index (χ0v) is 8.66. The number of hydrogen-bond acceptors (Lipinski definition) is 4. The van der Waals surface area contributed by atoms with Gasteiger partial charge in [-0.1, -0.05) is 0 Å². The molecule has 0 unspecified atom stereocenters. The van der Waals surface area contributed by atoms with Crippen LogP contribution >= 0.6 is 0 Å². The lowest BCUT2D eigenvalue weighted by Gasteiger charge is -2.02. The molecule has 0 atom stereocenters. The van der Waals surface area contributed by atoms with Gasteiger partial charge in [0.15, 0.2) is 0 Å². The smallest absolute Gasteiger partial charge is 0.303 e. The Hall–Kier alpha value is -1.34. The monoisotopic (exact) mass is 233 g/mol. The number of hydrogen-bond donors (Lipinski definition) is 2. The molecule has 1 aromatic rings. The molecule has 2 N–H and O–H groups in total. The second-order valence-electron chi connectivity index (χ2n) is 2.85. The van der Waals surface area contributed by atoms with Crippen LogP contribution < -0.4 is 4.72 Å². The van der Waals surface area contributed by atoms with Crippen molar-refractivity contribution in [3.63, 3.8) is 0 Å². The van der Waals surface area contributed by atoms with Gasteiger partial charge in [0, 0.05) is 13.0 Å². The highest BCUT2D eigenvalue weighted by Gasteiger charge is 2.14. The van der Waals surface area contributed by atoms with Gasteiger partial charge in [-0.05, 0) is 12.5 Å². The van der Waals surface area contributed by atoms with E-state index in [2.05, 4.69) is 9.14 Å². The van der Waals surface area contributed by atoms with E-state index in [1.807, 2.05) is 0 Å². The van der Waals surface area contributed by atoms with Gasteiger partial charge in [-0.15, -0.1) is 0 Å². The molecule has 1 heterocycles. The SMILES string of the molecule is O=C(O)CCCNS(=O)(=O)c1ccoc1. The molecule has 0 aliphatic rings. The van der Waals surface area contributed by atoms with E-state index in [9.17, 15) is 13.2 Å². The van der Waals surface area contributed by atoms with E-state index in [0.717, 1.165) is 6.26 Å². The van der Waals surface area contributed by atoms with Crippen LogP contribution in [0, 0.1) is 0 Å². The van der Waals surface area contributed by atoms with E-state index in [1.165, 1.54) is 12.3 Å². The number of carboxylic acids is 1. The number of carbonyl (C=O) groups is 1. The minimum absolute atomic E-state index is 0.0397. The molecule has 84 valence electrons. The largest absolute Gasteiger partial charge is 0.481 e. The Balaban J connectivity index is 2.42. The van der Waals surface area contributed by atoms with E-state index in [4.69, 9.17) is 5.11 Å². The first kappa shape index (κ1) is 11.7. The average molecular weight is 233 g/mol. The van der Waals surface area contributed by atoms with Crippen molar-refractivity contribution in [1.82, 2.24) is 4.72 Å². The third-order valence-electron chi connectivity index (χ3n) is 1.66. The van der Waals surface area contributed by atoms with Crippen LogP contribution in [0.25, 0.3) is 0 Å². The average Bonchev–Trinajstić information content (AvgIpc) is 2.65. The summed E-state index contributed by atoms with van der Waals surface area (Å²) in [5.74, 6) is -0.947. The van der Waals surface area contributed by atoms with Crippen LogP contribution in [0.3, 0.4) is 0 Å². The maximum absolute atomic E-state index is 11.4. The lowest BCUT2D eigenvalue weighted by molar-refractivity contribution is -0.137. The van der Waals surface area contributed by atoms with Crippen molar-refractivity contribution in [3.8, 4) is 0 Å². The number of furan rings is 1. The van der Waals surface area contributed by atoms with Gasteiger partial charge in [-0.3, -0.25) is 4.79 Å². The Morgan fingerprint density at radius 1 is 1.53 bits per heavy atom. The summed E-state index contributed by atoms with van der Waals surface area (Å²) in [6, 6.07) is 1.32. The topological polar surface area (TPSA) is 96.6 Å². The first-order valence-corrected chi connectivity index (χ1v) is 5.74. The van der Waals surface area contributed by atoms with Gasteiger partial charge in [-0.25, -0.2) is 13.1 Å². The molecule has 0 amide bonds. The predicted molar refractivity (Wildman–Crippen MR) is 50.8 cm³/mol. The fraction of sp³-hybridized carbons (Fsp3) is 0.375. The summed E-state index contributed by atoms with van der Waals surface area (Å²) in [5.41, 5.74) is 0. The molecule has 0 aliphatic carbocycles. The van der Waals surface area contributed by atoms with Crippen molar-refractivity contribution in [2.75, 3.05) is 6.54 Å². The Labute approximate surface area is 87.0 Å². The maximum atomic E-state index is 11.4. The maximum Gasteiger partial charge on any atom is 0.303 e. The van der Waals surface area contributed by atoms with Crippen LogP contribution in [0.2, 0.25) is 0 Å². The molecule has 15 heavy (non-hydrogen) atoms. The second kappa shape index (κ2) is 4.94. The van der Waals surface area contributed by atoms with E-state index >= 15 is 0 Å². The van der Waals surface area contributed by atoms with Gasteiger partial charge in [-0.2, -0.15) is 0 Å². The highest BCUT2D eigenvalue weighted by atomic mass is 32.2. The lowest BCUT2D eigenvalue weighted by Crippen LogP contribution is -2.24. The number of nitrogens with one attached hydrogen (secondary N) is 1. The van der Waals surface area contributed by atoms with Crippen LogP contribution in [-0.4, -0.2) is 26.0 Å². The van der Waals surface area contributed by atoms with Crippen molar-refractivity contribution >= 4 is 16.0 Å². The molecule has 1 rings (SSSR count). The van der Waals surface area contributed by atoms with Crippen molar-refractivity contribution in [1.29, 1.82) is 0 Å². The Kier molecular flexibility index (Phi) is 3.87. The first-order chi connectivity index (χ1) is 7.02. The predicted octanol–water partition coefficient (Wildman–Crippen LogP) is 0.423. The van der Waals surface area contributed by atoms with Crippen LogP contribution in [0.5, 0.6) is 0 Å². The van der Waals surface area contributed by atoms with Gasteiger partial charge in [0.1, 0.15) is 11.2 Å². The normalized spacial score (nSPS) is 11.5. The number of aliphatic carboxylic acids is 1. The van der Waals surface area contributed by atoms with Crippen LogP contribution in [0.4, 0.5) is 0 Å². The molecule has 0 spiro atoms. The molecular weight excluding hydrogens is 222 g/mol. The van der Waals surface area contributed by atoms with E-state index in [-0.39, 0.29) is 24.3 Å². The van der Waals surface area contributed by atoms with Gasteiger partial charge < -0.3 is 9.52 Å². The van der Waals surface area contributed by atoms with Crippen LogP contribution in [-0.2, 0) is 14.8 Å². The Morgan fingerprint density at radius 2 is 2.27 bits per heavy atom. The van der Waals surface area contributed by atoms with Crippen molar-refractivity contribution in [2.45, 2.75) is 17.7 Å². The first-order valence-electron chi connectivity index (χ1n) is 4.26. The van der Waals surface area contributed by atoms with Crippen molar-refractivity contribution < 1.29 is 22.7 Å². The lowest BCUT2D eigenvalue weighted by atomic mass is 10.3. The second-order valence-corrected chi connectivity index (χ2v) is 4.62. The Morgan fingerprint density at radius 3 is 2.80 bits per heavy atom. The highest BCUT2D eigenvalue weighted by Crippen LogP contribution is 2.07. The summed E-state index contributed by atoms with van der Waals surface area (Å²) in [7, 11) is -3.55. The Bertz CT molecular complexity index is 408. The number of carboxylic acid groups (broad SMARTS) is 1. The summed E-state index contributed by atoms with van der Waals surface area (Å²) in [5, 5.41) is 8.33. The summed E-state index contributed by atoms with van der Waals surface area (Å²) < 4.78 is 29.7. The molecule has 0 aliphatic heterocycles. The van der Waals surface area contributed by atoms with Gasteiger partial charge in [0.2, 0.25) is 10.0 Å². The molecule has 0 radical (unpaired) electrons. The molecule has 0 aromatic carbocycles. The molecule has 7 heteroatoms. The summed E-state index contributed by atoms with van der Waals surface area (Å²) in [4.78, 5) is 10.2. The molecule has 0 saturated carbocycles. The molecule has 0 bridgehead atoms. The quantitative estimate of drug-likeness (QED) is 0.694. The fourth-order valence-corrected chi connectivity index (χ4v) is 1.93. The van der Waals surface area contributed by atoms with Gasteiger partial charge >= 0.3 is 5.97 Å². The summed E-state index contributed by atoms with van der Waals surface area (Å²) >= 11 is 0. The van der Waals surface area contributed by atoms with Crippen molar-refractivity contribution in [3.05, 3.63) is 18.6 Å². The minimum atomic E-state index is -3.55. The van der Waals surface area contributed by atoms with Crippen LogP contribution in [0.15, 0.2) is 27.9 Å². The van der Waals surface area contributed by atoms with Gasteiger partial charge in [0.25, 0.3) is 0 Å². The third-order valence-corrected chi connectivity index (χ3v) is 3.10. The van der Waals surface area contributed by atoms with E-state index in [0.29, 0.717) is 0 Å². The molecular formula is C8H11NO5S. The molecule has 0 saturated heterocycles. The van der Waals surface area contributed by atoms with Crippen LogP contribution in [0.1, 0.15) is 12.8 Å². The molecule has 6 nitrogen and oxygen atoms in total. The number of rotatable bonds is 6.